The van der Waals surface area contributed by atoms with Crippen LogP contribution in [0.2, 0.25) is 0 Å². The molecule has 0 unspecified atom stereocenters. The molecule has 0 saturated carbocycles. The third-order valence-electron chi connectivity index (χ3n) is 2.93. The van der Waals surface area contributed by atoms with E-state index in [2.05, 4.69) is 15.2 Å². The van der Waals surface area contributed by atoms with Crippen LogP contribution in [0, 0.1) is 0 Å². The number of fused-ring (bicyclic) bond motifs is 1. The van der Waals surface area contributed by atoms with Gasteiger partial charge in [0, 0.05) is 12.3 Å². The molecule has 3 aromatic rings. The summed E-state index contributed by atoms with van der Waals surface area (Å²) >= 11 is 0. The summed E-state index contributed by atoms with van der Waals surface area (Å²) in [6, 6.07) is 9.41. The Kier molecular flexibility index (Phi) is 2.75. The minimum Gasteiger partial charge on any atom is -0.497 e. The maximum atomic E-state index is 5.96. The number of hydrogen-bond acceptors (Lipinski definition) is 5. The largest absolute Gasteiger partial charge is 0.497 e. The van der Waals surface area contributed by atoms with Crippen LogP contribution in [0.15, 0.2) is 36.5 Å². The predicted octanol–water partition coefficient (Wildman–Crippen LogP) is 1.47. The smallest absolute Gasteiger partial charge is 0.201 e. The second-order valence-corrected chi connectivity index (χ2v) is 4.13. The van der Waals surface area contributed by atoms with Crippen molar-refractivity contribution in [3.63, 3.8) is 0 Å². The molecule has 0 fully saturated rings. The molecule has 0 amide bonds. The van der Waals surface area contributed by atoms with Crippen LogP contribution in [0.1, 0.15) is 5.69 Å². The first kappa shape index (κ1) is 11.5. The quantitative estimate of drug-likeness (QED) is 0.766. The number of ether oxygens (including phenoxy) is 1. The summed E-state index contributed by atoms with van der Waals surface area (Å²) < 4.78 is 7.12. The van der Waals surface area contributed by atoms with E-state index in [4.69, 9.17) is 10.5 Å². The van der Waals surface area contributed by atoms with E-state index in [-0.39, 0.29) is 0 Å². The van der Waals surface area contributed by atoms with Crippen LogP contribution in [0.3, 0.4) is 0 Å². The van der Waals surface area contributed by atoms with E-state index in [0.29, 0.717) is 12.5 Å². The van der Waals surface area contributed by atoms with Crippen molar-refractivity contribution < 1.29 is 4.74 Å². The minimum atomic E-state index is 0.453. The molecular weight excluding hydrogens is 242 g/mol. The average Bonchev–Trinajstić information content (AvgIpc) is 2.76. The van der Waals surface area contributed by atoms with Crippen molar-refractivity contribution in [2.75, 3.05) is 12.8 Å². The zero-order valence-electron chi connectivity index (χ0n) is 10.4. The monoisotopic (exact) mass is 255 g/mol. The molecule has 0 aliphatic rings. The number of anilines is 1. The number of benzene rings is 1. The van der Waals surface area contributed by atoms with Gasteiger partial charge in [-0.25, -0.2) is 4.98 Å². The fourth-order valence-corrected chi connectivity index (χ4v) is 1.99. The molecule has 0 bridgehead atoms. The highest BCUT2D eigenvalue weighted by Gasteiger charge is 2.10. The second-order valence-electron chi connectivity index (χ2n) is 4.13. The van der Waals surface area contributed by atoms with Gasteiger partial charge < -0.3 is 15.0 Å². The topological polar surface area (TPSA) is 78.9 Å². The summed E-state index contributed by atoms with van der Waals surface area (Å²) in [5.74, 6) is 1.22. The van der Waals surface area contributed by atoms with E-state index in [1.807, 2.05) is 34.9 Å². The van der Waals surface area contributed by atoms with Crippen molar-refractivity contribution in [3.05, 3.63) is 42.2 Å². The standard InChI is InChI=1S/C13H13N5O/c1-19-10-4-5-11-12(7-10)18(13(14)16-11)8-9-3-2-6-15-17-9/h2-7H,8H2,1H3,(H2,14,16). The molecule has 2 N–H and O–H groups in total. The Labute approximate surface area is 109 Å². The lowest BCUT2D eigenvalue weighted by Crippen LogP contribution is -2.06. The molecule has 6 heteroatoms. The molecule has 0 radical (unpaired) electrons. The first-order valence-corrected chi connectivity index (χ1v) is 5.84. The highest BCUT2D eigenvalue weighted by molar-refractivity contribution is 5.80. The van der Waals surface area contributed by atoms with Crippen LogP contribution < -0.4 is 10.5 Å². The Bertz CT molecular complexity index is 708. The maximum absolute atomic E-state index is 5.96. The Morgan fingerprint density at radius 2 is 2.21 bits per heavy atom. The Hall–Kier alpha value is -2.63. The number of imidazole rings is 1. The lowest BCUT2D eigenvalue weighted by Gasteiger charge is -2.06. The van der Waals surface area contributed by atoms with Gasteiger partial charge in [0.2, 0.25) is 5.95 Å². The molecule has 6 nitrogen and oxygen atoms in total. The van der Waals surface area contributed by atoms with Crippen LogP contribution >= 0.6 is 0 Å². The van der Waals surface area contributed by atoms with Crippen molar-refractivity contribution in [2.24, 2.45) is 0 Å². The fraction of sp³-hybridized carbons (Fsp3) is 0.154. The van der Waals surface area contributed by atoms with E-state index in [1.165, 1.54) is 0 Å². The maximum Gasteiger partial charge on any atom is 0.201 e. The van der Waals surface area contributed by atoms with Crippen molar-refractivity contribution >= 4 is 17.0 Å². The van der Waals surface area contributed by atoms with Gasteiger partial charge in [-0.05, 0) is 24.3 Å². The third kappa shape index (κ3) is 2.08. The summed E-state index contributed by atoms with van der Waals surface area (Å²) in [6.45, 7) is 0.531. The number of nitrogen functional groups attached to an aromatic ring is 1. The highest BCUT2D eigenvalue weighted by atomic mass is 16.5. The van der Waals surface area contributed by atoms with Gasteiger partial charge in [0.05, 0.1) is 30.4 Å². The number of rotatable bonds is 3. The van der Waals surface area contributed by atoms with Crippen LogP contribution in [-0.4, -0.2) is 26.9 Å². The molecule has 0 spiro atoms. The van der Waals surface area contributed by atoms with E-state index in [9.17, 15) is 0 Å². The average molecular weight is 255 g/mol. The SMILES string of the molecule is COc1ccc2nc(N)n(Cc3cccnn3)c2c1. The van der Waals surface area contributed by atoms with E-state index in [0.717, 1.165) is 22.5 Å². The van der Waals surface area contributed by atoms with Crippen LogP contribution in [0.25, 0.3) is 11.0 Å². The minimum absolute atomic E-state index is 0.453. The Balaban J connectivity index is 2.09. The summed E-state index contributed by atoms with van der Waals surface area (Å²) in [5.41, 5.74) is 8.54. The molecule has 96 valence electrons. The van der Waals surface area contributed by atoms with Gasteiger partial charge in [-0.2, -0.15) is 10.2 Å². The zero-order chi connectivity index (χ0) is 13.2. The van der Waals surface area contributed by atoms with Gasteiger partial charge in [-0.15, -0.1) is 0 Å². The number of nitrogens with zero attached hydrogens (tertiary/aromatic N) is 4. The summed E-state index contributed by atoms with van der Waals surface area (Å²) in [5, 5.41) is 7.92. The van der Waals surface area contributed by atoms with Gasteiger partial charge in [0.25, 0.3) is 0 Å². The van der Waals surface area contributed by atoms with Crippen molar-refractivity contribution in [1.29, 1.82) is 0 Å². The normalized spacial score (nSPS) is 10.8. The number of aromatic nitrogens is 4. The van der Waals surface area contributed by atoms with Gasteiger partial charge in [0.15, 0.2) is 0 Å². The second kappa shape index (κ2) is 4.56. The highest BCUT2D eigenvalue weighted by Crippen LogP contribution is 2.23. The molecule has 0 saturated heterocycles. The van der Waals surface area contributed by atoms with Crippen LogP contribution in [-0.2, 0) is 6.54 Å². The summed E-state index contributed by atoms with van der Waals surface area (Å²) in [4.78, 5) is 4.32. The van der Waals surface area contributed by atoms with Gasteiger partial charge in [-0.3, -0.25) is 0 Å². The van der Waals surface area contributed by atoms with E-state index >= 15 is 0 Å². The van der Waals surface area contributed by atoms with Crippen molar-refractivity contribution in [2.45, 2.75) is 6.54 Å². The molecular formula is C13H13N5O. The summed E-state index contributed by atoms with van der Waals surface area (Å²) in [6.07, 6.45) is 1.64. The van der Waals surface area contributed by atoms with Crippen LogP contribution in [0.4, 0.5) is 5.95 Å². The Morgan fingerprint density at radius 3 is 2.95 bits per heavy atom. The van der Waals surface area contributed by atoms with E-state index in [1.54, 1.807) is 13.3 Å². The van der Waals surface area contributed by atoms with E-state index < -0.39 is 0 Å². The molecule has 0 aliphatic carbocycles. The van der Waals surface area contributed by atoms with Gasteiger partial charge >= 0.3 is 0 Å². The fourth-order valence-electron chi connectivity index (χ4n) is 1.99. The van der Waals surface area contributed by atoms with Crippen LogP contribution in [0.5, 0.6) is 5.75 Å². The van der Waals surface area contributed by atoms with Crippen molar-refractivity contribution in [1.82, 2.24) is 19.7 Å². The number of nitrogens with two attached hydrogens (primary N) is 1. The van der Waals surface area contributed by atoms with Gasteiger partial charge in [0.1, 0.15) is 5.75 Å². The molecule has 1 aromatic carbocycles. The molecule has 0 aliphatic heterocycles. The molecule has 3 rings (SSSR count). The molecule has 0 atom stereocenters. The zero-order valence-corrected chi connectivity index (χ0v) is 10.4. The lowest BCUT2D eigenvalue weighted by atomic mass is 10.3. The molecule has 2 heterocycles. The first-order valence-electron chi connectivity index (χ1n) is 5.84. The number of hydrogen-bond donors (Lipinski definition) is 1. The van der Waals surface area contributed by atoms with Gasteiger partial charge in [-0.1, -0.05) is 0 Å². The number of methoxy groups -OCH3 is 1. The third-order valence-corrected chi connectivity index (χ3v) is 2.93. The first-order chi connectivity index (χ1) is 9.28. The Morgan fingerprint density at radius 1 is 1.32 bits per heavy atom. The predicted molar refractivity (Wildman–Crippen MR) is 71.8 cm³/mol. The summed E-state index contributed by atoms with van der Waals surface area (Å²) in [7, 11) is 1.63. The van der Waals surface area contributed by atoms with Crippen molar-refractivity contribution in [3.8, 4) is 5.75 Å². The molecule has 19 heavy (non-hydrogen) atoms. The lowest BCUT2D eigenvalue weighted by molar-refractivity contribution is 0.415. The molecule has 2 aromatic heterocycles.